The van der Waals surface area contributed by atoms with Crippen LogP contribution in [0.3, 0.4) is 0 Å². The summed E-state index contributed by atoms with van der Waals surface area (Å²) in [5, 5.41) is 3.28. The average molecular weight is 387 g/mol. The zero-order valence-electron chi connectivity index (χ0n) is 13.8. The molecule has 0 bridgehead atoms. The summed E-state index contributed by atoms with van der Waals surface area (Å²) in [6.45, 7) is 0.802. The predicted molar refractivity (Wildman–Crippen MR) is 103 cm³/mol. The molecule has 4 nitrogen and oxygen atoms in total. The molecule has 0 aliphatic carbocycles. The minimum Gasteiger partial charge on any atom is -0.489 e. The lowest BCUT2D eigenvalue weighted by molar-refractivity contribution is 0.0946. The quantitative estimate of drug-likeness (QED) is 0.613. The number of amides is 1. The first-order chi connectivity index (χ1) is 12.6. The van der Waals surface area contributed by atoms with Gasteiger partial charge in [0.2, 0.25) is 0 Å². The van der Waals surface area contributed by atoms with E-state index in [2.05, 4.69) is 10.3 Å². The van der Waals surface area contributed by atoms with Gasteiger partial charge in [0.25, 0.3) is 5.91 Å². The lowest BCUT2D eigenvalue weighted by atomic mass is 10.1. The van der Waals surface area contributed by atoms with Crippen molar-refractivity contribution in [1.29, 1.82) is 0 Å². The summed E-state index contributed by atoms with van der Waals surface area (Å²) in [7, 11) is 0. The number of hydrogen-bond acceptors (Lipinski definition) is 3. The van der Waals surface area contributed by atoms with Gasteiger partial charge in [0, 0.05) is 6.54 Å². The molecule has 0 aliphatic rings. The Labute approximate surface area is 161 Å². The Hall–Kier alpha value is -2.56. The second kappa shape index (κ2) is 8.70. The van der Waals surface area contributed by atoms with E-state index in [9.17, 15) is 4.79 Å². The Morgan fingerprint density at radius 1 is 0.962 bits per heavy atom. The van der Waals surface area contributed by atoms with E-state index in [1.807, 2.05) is 54.6 Å². The van der Waals surface area contributed by atoms with Crippen molar-refractivity contribution in [3.8, 4) is 5.75 Å². The molecule has 6 heteroatoms. The fraction of sp³-hybridized carbons (Fsp3) is 0.100. The van der Waals surface area contributed by atoms with E-state index in [1.54, 1.807) is 6.07 Å². The van der Waals surface area contributed by atoms with Crippen LogP contribution in [0.4, 0.5) is 0 Å². The highest BCUT2D eigenvalue weighted by molar-refractivity contribution is 6.34. The molecule has 1 aromatic heterocycles. The van der Waals surface area contributed by atoms with Crippen LogP contribution in [0.1, 0.15) is 21.6 Å². The Morgan fingerprint density at radius 2 is 1.73 bits per heavy atom. The molecule has 1 amide bonds. The van der Waals surface area contributed by atoms with Crippen molar-refractivity contribution in [3.05, 3.63) is 93.7 Å². The van der Waals surface area contributed by atoms with Crippen molar-refractivity contribution >= 4 is 29.1 Å². The zero-order chi connectivity index (χ0) is 18.4. The van der Waals surface area contributed by atoms with Crippen LogP contribution >= 0.6 is 23.2 Å². The molecule has 2 aromatic carbocycles. The SMILES string of the molecule is O=C(NCc1cccc(COc2ccccc2)c1)c1nc(Cl)ccc1Cl. The molecular weight excluding hydrogens is 371 g/mol. The third-order valence-corrected chi connectivity index (χ3v) is 4.14. The fourth-order valence-corrected chi connectivity index (χ4v) is 2.70. The molecule has 0 saturated heterocycles. The van der Waals surface area contributed by atoms with Gasteiger partial charge in [-0.2, -0.15) is 0 Å². The van der Waals surface area contributed by atoms with Gasteiger partial charge >= 0.3 is 0 Å². The largest absolute Gasteiger partial charge is 0.489 e. The maximum absolute atomic E-state index is 12.2. The van der Waals surface area contributed by atoms with Gasteiger partial charge in [-0.15, -0.1) is 0 Å². The van der Waals surface area contributed by atoms with Crippen LogP contribution in [-0.2, 0) is 13.2 Å². The van der Waals surface area contributed by atoms with Crippen LogP contribution in [0.25, 0.3) is 0 Å². The van der Waals surface area contributed by atoms with E-state index in [0.717, 1.165) is 16.9 Å². The maximum Gasteiger partial charge on any atom is 0.271 e. The number of carbonyl (C=O) groups is 1. The van der Waals surface area contributed by atoms with Gasteiger partial charge in [0.15, 0.2) is 0 Å². The van der Waals surface area contributed by atoms with E-state index < -0.39 is 0 Å². The van der Waals surface area contributed by atoms with Crippen LogP contribution in [0.15, 0.2) is 66.7 Å². The predicted octanol–water partition coefficient (Wildman–Crippen LogP) is 4.90. The van der Waals surface area contributed by atoms with Crippen molar-refractivity contribution in [2.45, 2.75) is 13.2 Å². The molecule has 0 spiro atoms. The number of pyridine rings is 1. The molecule has 0 unspecified atom stereocenters. The molecule has 0 aliphatic heterocycles. The van der Waals surface area contributed by atoms with Crippen LogP contribution in [0.5, 0.6) is 5.75 Å². The summed E-state index contributed by atoms with van der Waals surface area (Å²) in [5.41, 5.74) is 2.08. The summed E-state index contributed by atoms with van der Waals surface area (Å²) < 4.78 is 5.74. The third-order valence-electron chi connectivity index (χ3n) is 3.62. The van der Waals surface area contributed by atoms with Gasteiger partial charge < -0.3 is 10.1 Å². The molecule has 26 heavy (non-hydrogen) atoms. The van der Waals surface area contributed by atoms with E-state index in [0.29, 0.717) is 13.2 Å². The summed E-state index contributed by atoms with van der Waals surface area (Å²) in [5.74, 6) is 0.441. The first-order valence-electron chi connectivity index (χ1n) is 7.98. The van der Waals surface area contributed by atoms with Crippen molar-refractivity contribution in [1.82, 2.24) is 10.3 Å². The van der Waals surface area contributed by atoms with Crippen molar-refractivity contribution in [2.24, 2.45) is 0 Å². The third kappa shape index (κ3) is 4.97. The first-order valence-corrected chi connectivity index (χ1v) is 8.73. The molecule has 0 fully saturated rings. The molecule has 132 valence electrons. The normalized spacial score (nSPS) is 10.4. The number of benzene rings is 2. The molecule has 0 radical (unpaired) electrons. The van der Waals surface area contributed by atoms with Gasteiger partial charge in [-0.25, -0.2) is 4.98 Å². The van der Waals surface area contributed by atoms with Crippen molar-refractivity contribution < 1.29 is 9.53 Å². The Kier molecular flexibility index (Phi) is 6.10. The fourth-order valence-electron chi connectivity index (χ4n) is 2.36. The topological polar surface area (TPSA) is 51.2 Å². The zero-order valence-corrected chi connectivity index (χ0v) is 15.3. The van der Waals surface area contributed by atoms with Crippen LogP contribution in [0, 0.1) is 0 Å². The highest BCUT2D eigenvalue weighted by atomic mass is 35.5. The van der Waals surface area contributed by atoms with Gasteiger partial charge in [-0.05, 0) is 35.4 Å². The molecule has 0 atom stereocenters. The van der Waals surface area contributed by atoms with E-state index >= 15 is 0 Å². The summed E-state index contributed by atoms with van der Waals surface area (Å²) >= 11 is 11.8. The number of para-hydroxylation sites is 1. The minimum atomic E-state index is -0.372. The summed E-state index contributed by atoms with van der Waals surface area (Å²) in [4.78, 5) is 16.2. The van der Waals surface area contributed by atoms with Crippen LogP contribution < -0.4 is 10.1 Å². The number of ether oxygens (including phenoxy) is 1. The smallest absolute Gasteiger partial charge is 0.271 e. The van der Waals surface area contributed by atoms with E-state index in [1.165, 1.54) is 6.07 Å². The lowest BCUT2D eigenvalue weighted by Gasteiger charge is -2.09. The monoisotopic (exact) mass is 386 g/mol. The molecule has 1 N–H and O–H groups in total. The molecule has 3 aromatic rings. The van der Waals surface area contributed by atoms with E-state index in [4.69, 9.17) is 27.9 Å². The number of rotatable bonds is 6. The number of nitrogens with one attached hydrogen (secondary N) is 1. The number of halogens is 2. The van der Waals surface area contributed by atoms with Crippen molar-refractivity contribution in [3.63, 3.8) is 0 Å². The molecule has 0 saturated carbocycles. The van der Waals surface area contributed by atoms with Gasteiger partial charge in [0.05, 0.1) is 5.02 Å². The maximum atomic E-state index is 12.2. The average Bonchev–Trinajstić information content (AvgIpc) is 2.67. The number of aromatic nitrogens is 1. The summed E-state index contributed by atoms with van der Waals surface area (Å²) in [6.07, 6.45) is 0. The van der Waals surface area contributed by atoms with E-state index in [-0.39, 0.29) is 21.8 Å². The lowest BCUT2D eigenvalue weighted by Crippen LogP contribution is -2.24. The van der Waals surface area contributed by atoms with Gasteiger partial charge in [-0.1, -0.05) is 65.7 Å². The minimum absolute atomic E-state index is 0.114. The van der Waals surface area contributed by atoms with Gasteiger partial charge in [0.1, 0.15) is 23.2 Å². The number of carbonyl (C=O) groups excluding carboxylic acids is 1. The molecular formula is C20H16Cl2N2O2. The van der Waals surface area contributed by atoms with Crippen molar-refractivity contribution in [2.75, 3.05) is 0 Å². The highest BCUT2D eigenvalue weighted by Gasteiger charge is 2.12. The standard InChI is InChI=1S/C20H16Cl2N2O2/c21-17-9-10-18(22)24-19(17)20(25)23-12-14-5-4-6-15(11-14)13-26-16-7-2-1-3-8-16/h1-11H,12-13H2,(H,23,25). The Bertz CT molecular complexity index is 901. The molecule has 3 rings (SSSR count). The van der Waals surface area contributed by atoms with Crippen LogP contribution in [-0.4, -0.2) is 10.9 Å². The number of nitrogens with zero attached hydrogens (tertiary/aromatic N) is 1. The second-order valence-corrected chi connectivity index (χ2v) is 6.36. The van der Waals surface area contributed by atoms with Gasteiger partial charge in [-0.3, -0.25) is 4.79 Å². The molecule has 1 heterocycles. The number of hydrogen-bond donors (Lipinski definition) is 1. The summed E-state index contributed by atoms with van der Waals surface area (Å²) in [6, 6.07) is 20.5. The van der Waals surface area contributed by atoms with Crippen LogP contribution in [0.2, 0.25) is 10.2 Å². The first kappa shape index (κ1) is 18.2. The Morgan fingerprint density at radius 3 is 2.54 bits per heavy atom. The highest BCUT2D eigenvalue weighted by Crippen LogP contribution is 2.17. The second-order valence-electron chi connectivity index (χ2n) is 5.57. The Balaban J connectivity index is 1.60.